The molecule has 31 heavy (non-hydrogen) atoms. The number of aromatic amines is 1. The number of allylic oxidation sites excluding steroid dienone is 1. The van der Waals surface area contributed by atoms with Crippen molar-refractivity contribution in [2.24, 2.45) is 0 Å². The molecule has 1 amide bonds. The molecule has 8 heteroatoms. The zero-order valence-electron chi connectivity index (χ0n) is 17.1. The van der Waals surface area contributed by atoms with E-state index in [1.807, 2.05) is 16.9 Å². The summed E-state index contributed by atoms with van der Waals surface area (Å²) in [5, 5.41) is 1.34. The van der Waals surface area contributed by atoms with Crippen LogP contribution in [0.1, 0.15) is 40.0 Å². The number of H-pyrrole nitrogens is 1. The molecule has 162 valence electrons. The third-order valence-corrected chi connectivity index (χ3v) is 6.01. The summed E-state index contributed by atoms with van der Waals surface area (Å²) < 4.78 is 31.1. The second-order valence-corrected chi connectivity index (χ2v) is 9.78. The van der Waals surface area contributed by atoms with Gasteiger partial charge in [0.15, 0.2) is 0 Å². The Morgan fingerprint density at radius 2 is 2.10 bits per heavy atom. The lowest BCUT2D eigenvalue weighted by Gasteiger charge is -2.15. The molecular weight excluding hydrogens is 436 g/mol. The summed E-state index contributed by atoms with van der Waals surface area (Å²) in [6, 6.07) is 11.4. The molecule has 0 atom stereocenters. The van der Waals surface area contributed by atoms with E-state index in [1.165, 1.54) is 5.56 Å². The predicted molar refractivity (Wildman–Crippen MR) is 123 cm³/mol. The molecule has 0 saturated carbocycles. The van der Waals surface area contributed by atoms with Gasteiger partial charge in [0, 0.05) is 21.5 Å². The molecule has 4 rings (SSSR count). The number of nitrogens with one attached hydrogen (secondary N) is 2. The van der Waals surface area contributed by atoms with E-state index >= 15 is 0 Å². The maximum atomic E-state index is 12.6. The highest BCUT2D eigenvalue weighted by Crippen LogP contribution is 2.30. The maximum absolute atomic E-state index is 12.6. The Labute approximate surface area is 186 Å². The van der Waals surface area contributed by atoms with Crippen LogP contribution >= 0.6 is 11.6 Å². The molecule has 1 heterocycles. The molecule has 1 aromatic heterocycles. The van der Waals surface area contributed by atoms with Crippen LogP contribution in [0.25, 0.3) is 17.0 Å². The van der Waals surface area contributed by atoms with E-state index in [9.17, 15) is 13.2 Å². The lowest BCUT2D eigenvalue weighted by Crippen LogP contribution is -2.30. The molecule has 1 aliphatic carbocycles. The molecule has 2 N–H and O–H groups in total. The Balaban J connectivity index is 1.53. The summed E-state index contributed by atoms with van der Waals surface area (Å²) in [5.74, 6) is 0.165. The van der Waals surface area contributed by atoms with Crippen LogP contribution < -0.4 is 9.46 Å². The SMILES string of the molecule is CS(=O)(=O)NC(=O)c1[nH]c2ccc(Cl)cc2c1CCCOc1cccc2c1C=CCC2. The standard InChI is InChI=1S/C23H23ClN2O4S/c1-31(28,29)26-23(27)22-18(19-14-16(24)11-12-20(19)25-22)9-5-13-30-21-10-4-7-15-6-2-3-8-17(15)21/h3-4,7-8,10-12,14,25H,2,5-6,9,13H2,1H3,(H,26,27). The Morgan fingerprint density at radius 3 is 2.90 bits per heavy atom. The van der Waals surface area contributed by atoms with Gasteiger partial charge in [0.1, 0.15) is 11.4 Å². The largest absolute Gasteiger partial charge is 0.493 e. The minimum Gasteiger partial charge on any atom is -0.493 e. The second-order valence-electron chi connectivity index (χ2n) is 7.59. The van der Waals surface area contributed by atoms with E-state index in [0.29, 0.717) is 24.5 Å². The Hall–Kier alpha value is -2.77. The predicted octanol–water partition coefficient (Wildman–Crippen LogP) is 4.48. The van der Waals surface area contributed by atoms with Crippen LogP contribution in [0.15, 0.2) is 42.5 Å². The number of carbonyl (C=O) groups is 1. The monoisotopic (exact) mass is 458 g/mol. The number of ether oxygens (including phenoxy) is 1. The van der Waals surface area contributed by atoms with Gasteiger partial charge in [-0.05, 0) is 61.1 Å². The zero-order chi connectivity index (χ0) is 22.0. The molecule has 0 fully saturated rings. The smallest absolute Gasteiger partial charge is 0.281 e. The molecule has 6 nitrogen and oxygen atoms in total. The fourth-order valence-corrected chi connectivity index (χ4v) is 4.50. The molecule has 2 aromatic carbocycles. The van der Waals surface area contributed by atoms with Crippen molar-refractivity contribution in [3.8, 4) is 5.75 Å². The van der Waals surface area contributed by atoms with Crippen molar-refractivity contribution in [3.63, 3.8) is 0 Å². The van der Waals surface area contributed by atoms with Crippen LogP contribution in [0.5, 0.6) is 5.75 Å². The Morgan fingerprint density at radius 1 is 1.26 bits per heavy atom. The maximum Gasteiger partial charge on any atom is 0.281 e. The summed E-state index contributed by atoms with van der Waals surface area (Å²) in [7, 11) is -3.68. The highest BCUT2D eigenvalue weighted by molar-refractivity contribution is 7.89. The summed E-state index contributed by atoms with van der Waals surface area (Å²) in [6.45, 7) is 0.463. The molecule has 0 bridgehead atoms. The van der Waals surface area contributed by atoms with Crippen molar-refractivity contribution in [1.82, 2.24) is 9.71 Å². The molecule has 0 spiro atoms. The first-order chi connectivity index (χ1) is 14.8. The van der Waals surface area contributed by atoms with Crippen molar-refractivity contribution in [2.75, 3.05) is 12.9 Å². The van der Waals surface area contributed by atoms with Gasteiger partial charge in [0.2, 0.25) is 10.0 Å². The van der Waals surface area contributed by atoms with E-state index in [-0.39, 0.29) is 5.69 Å². The normalized spacial score (nSPS) is 13.2. The number of sulfonamides is 1. The number of carbonyl (C=O) groups excluding carboxylic acids is 1. The molecule has 1 aliphatic rings. The molecule has 3 aromatic rings. The fourth-order valence-electron chi connectivity index (χ4n) is 3.89. The Bertz CT molecular complexity index is 1280. The molecule has 0 saturated heterocycles. The number of aromatic nitrogens is 1. The number of benzene rings is 2. The van der Waals surface area contributed by atoms with Crippen LogP contribution in [0, 0.1) is 0 Å². The summed E-state index contributed by atoms with van der Waals surface area (Å²) in [4.78, 5) is 15.6. The summed E-state index contributed by atoms with van der Waals surface area (Å²) in [6.07, 6.45) is 8.42. The Kier molecular flexibility index (Phi) is 6.07. The lowest BCUT2D eigenvalue weighted by atomic mass is 9.97. The topological polar surface area (TPSA) is 88.3 Å². The third-order valence-electron chi connectivity index (χ3n) is 5.22. The molecule has 0 radical (unpaired) electrons. The zero-order valence-corrected chi connectivity index (χ0v) is 18.6. The average molecular weight is 459 g/mol. The first-order valence-corrected chi connectivity index (χ1v) is 12.3. The number of rotatable bonds is 7. The van der Waals surface area contributed by atoms with Gasteiger partial charge in [-0.1, -0.05) is 35.9 Å². The number of hydrogen-bond donors (Lipinski definition) is 2. The van der Waals surface area contributed by atoms with Gasteiger partial charge in [-0.15, -0.1) is 0 Å². The quantitative estimate of drug-likeness (QED) is 0.511. The fraction of sp³-hybridized carbons (Fsp3) is 0.261. The van der Waals surface area contributed by atoms with Gasteiger partial charge in [0.25, 0.3) is 5.91 Å². The van der Waals surface area contributed by atoms with Crippen molar-refractivity contribution < 1.29 is 17.9 Å². The van der Waals surface area contributed by atoms with Gasteiger partial charge in [0.05, 0.1) is 12.9 Å². The van der Waals surface area contributed by atoms with Crippen molar-refractivity contribution in [1.29, 1.82) is 0 Å². The van der Waals surface area contributed by atoms with E-state index in [2.05, 4.69) is 23.2 Å². The van der Waals surface area contributed by atoms with Crippen molar-refractivity contribution in [3.05, 3.63) is 69.9 Å². The molecule has 0 aliphatic heterocycles. The minimum atomic E-state index is -3.68. The lowest BCUT2D eigenvalue weighted by molar-refractivity contribution is 0.0976. The van der Waals surface area contributed by atoms with E-state index in [0.717, 1.165) is 46.9 Å². The first-order valence-electron chi connectivity index (χ1n) is 10.1. The third kappa shape index (κ3) is 4.94. The van der Waals surface area contributed by atoms with Crippen molar-refractivity contribution in [2.45, 2.75) is 25.7 Å². The van der Waals surface area contributed by atoms with Crippen LogP contribution in [0.3, 0.4) is 0 Å². The average Bonchev–Trinajstić information content (AvgIpc) is 3.08. The molecular formula is C23H23ClN2O4S. The van der Waals surface area contributed by atoms with Crippen LogP contribution in [-0.2, 0) is 22.9 Å². The summed E-state index contributed by atoms with van der Waals surface area (Å²) in [5.41, 5.74) is 4.08. The van der Waals surface area contributed by atoms with Gasteiger partial charge in [-0.2, -0.15) is 0 Å². The van der Waals surface area contributed by atoms with Crippen LogP contribution in [0.2, 0.25) is 5.02 Å². The van der Waals surface area contributed by atoms with E-state index in [4.69, 9.17) is 16.3 Å². The minimum absolute atomic E-state index is 0.225. The van der Waals surface area contributed by atoms with Crippen molar-refractivity contribution >= 4 is 44.5 Å². The summed E-state index contributed by atoms with van der Waals surface area (Å²) >= 11 is 6.15. The number of amides is 1. The van der Waals surface area contributed by atoms with Gasteiger partial charge in [-0.3, -0.25) is 4.79 Å². The highest BCUT2D eigenvalue weighted by Gasteiger charge is 2.20. The van der Waals surface area contributed by atoms with Gasteiger partial charge in [-0.25, -0.2) is 13.1 Å². The van der Waals surface area contributed by atoms with Gasteiger partial charge >= 0.3 is 0 Å². The number of halogens is 1. The number of aryl methyl sites for hydroxylation is 2. The van der Waals surface area contributed by atoms with E-state index < -0.39 is 15.9 Å². The van der Waals surface area contributed by atoms with Crippen LogP contribution in [0.4, 0.5) is 0 Å². The number of fused-ring (bicyclic) bond motifs is 2. The van der Waals surface area contributed by atoms with Gasteiger partial charge < -0.3 is 9.72 Å². The molecule has 0 unspecified atom stereocenters. The number of hydrogen-bond acceptors (Lipinski definition) is 4. The first kappa shape index (κ1) is 21.5. The second kappa shape index (κ2) is 8.77. The van der Waals surface area contributed by atoms with Crippen LogP contribution in [-0.4, -0.2) is 32.2 Å². The highest BCUT2D eigenvalue weighted by atomic mass is 35.5. The van der Waals surface area contributed by atoms with E-state index in [1.54, 1.807) is 18.2 Å².